The molecule has 1 aliphatic heterocycles. The van der Waals surface area contributed by atoms with Gasteiger partial charge in [-0.05, 0) is 48.5 Å². The molecular formula is C19H33N5O4. The van der Waals surface area contributed by atoms with Crippen LogP contribution in [0.5, 0.6) is 0 Å². The summed E-state index contributed by atoms with van der Waals surface area (Å²) in [6.45, 7) is 17.0. The number of esters is 1. The van der Waals surface area contributed by atoms with Gasteiger partial charge in [-0.3, -0.25) is 4.90 Å². The van der Waals surface area contributed by atoms with Crippen molar-refractivity contribution in [1.29, 1.82) is 0 Å². The zero-order chi connectivity index (χ0) is 21.1. The van der Waals surface area contributed by atoms with Crippen molar-refractivity contribution in [2.24, 2.45) is 0 Å². The average Bonchev–Trinajstić information content (AvgIpc) is 2.94. The van der Waals surface area contributed by atoms with Crippen LogP contribution in [0.1, 0.15) is 57.7 Å². The molecule has 1 aromatic heterocycles. The minimum absolute atomic E-state index is 0.218. The van der Waals surface area contributed by atoms with Gasteiger partial charge in [-0.1, -0.05) is 5.21 Å². The number of ether oxygens (including phenoxy) is 2. The Hall–Kier alpha value is -2.16. The van der Waals surface area contributed by atoms with Gasteiger partial charge in [0, 0.05) is 31.7 Å². The molecule has 1 saturated heterocycles. The minimum Gasteiger partial charge on any atom is -0.461 e. The summed E-state index contributed by atoms with van der Waals surface area (Å²) < 4.78 is 12.2. The van der Waals surface area contributed by atoms with E-state index in [1.54, 1.807) is 16.5 Å². The van der Waals surface area contributed by atoms with Gasteiger partial charge in [0.2, 0.25) is 0 Å². The first-order valence-corrected chi connectivity index (χ1v) is 9.75. The van der Waals surface area contributed by atoms with Gasteiger partial charge in [0.05, 0.1) is 18.8 Å². The molecule has 0 N–H and O–H groups in total. The molecule has 28 heavy (non-hydrogen) atoms. The van der Waals surface area contributed by atoms with Crippen molar-refractivity contribution in [2.75, 3.05) is 32.8 Å². The third-order valence-corrected chi connectivity index (χ3v) is 4.78. The molecule has 1 aliphatic rings. The Kier molecular flexibility index (Phi) is 6.69. The number of nitrogens with zero attached hydrogens (tertiary/aromatic N) is 5. The maximum Gasteiger partial charge on any atom is 0.410 e. The van der Waals surface area contributed by atoms with Crippen LogP contribution in [0.15, 0.2) is 0 Å². The van der Waals surface area contributed by atoms with Crippen molar-refractivity contribution in [1.82, 2.24) is 24.8 Å². The average molecular weight is 396 g/mol. The van der Waals surface area contributed by atoms with Gasteiger partial charge in [-0.15, -0.1) is 5.10 Å². The fourth-order valence-electron chi connectivity index (χ4n) is 3.19. The maximum atomic E-state index is 12.2. The number of amides is 1. The lowest BCUT2D eigenvalue weighted by molar-refractivity contribution is -0.00130. The summed E-state index contributed by atoms with van der Waals surface area (Å²) in [5.41, 5.74) is 0.241. The van der Waals surface area contributed by atoms with E-state index in [4.69, 9.17) is 9.47 Å². The van der Waals surface area contributed by atoms with Crippen LogP contribution >= 0.6 is 0 Å². The standard InChI is InChI=1S/C19H33N5O4/c1-8-27-16(25)15-14(2)24(21-20-15)13-19(6,7)23-11-9-22(10-12-23)17(26)28-18(3,4)5/h8-13H2,1-7H3. The highest BCUT2D eigenvalue weighted by Crippen LogP contribution is 2.21. The number of hydrogen-bond acceptors (Lipinski definition) is 7. The van der Waals surface area contributed by atoms with E-state index in [1.807, 2.05) is 27.7 Å². The Morgan fingerprint density at radius 2 is 1.68 bits per heavy atom. The molecule has 1 fully saturated rings. The third kappa shape index (κ3) is 5.43. The normalized spacial score (nSPS) is 16.2. The van der Waals surface area contributed by atoms with Gasteiger partial charge < -0.3 is 14.4 Å². The number of rotatable bonds is 5. The highest BCUT2D eigenvalue weighted by atomic mass is 16.6. The van der Waals surface area contributed by atoms with Crippen molar-refractivity contribution < 1.29 is 19.1 Å². The van der Waals surface area contributed by atoms with E-state index in [1.165, 1.54) is 0 Å². The lowest BCUT2D eigenvalue weighted by Gasteiger charge is -2.44. The summed E-state index contributed by atoms with van der Waals surface area (Å²) in [6, 6.07) is 0. The second kappa shape index (κ2) is 8.46. The highest BCUT2D eigenvalue weighted by Gasteiger charge is 2.34. The number of piperazine rings is 1. The van der Waals surface area contributed by atoms with Gasteiger partial charge in [0.25, 0.3) is 0 Å². The summed E-state index contributed by atoms with van der Waals surface area (Å²) in [4.78, 5) is 28.3. The molecule has 2 heterocycles. The summed E-state index contributed by atoms with van der Waals surface area (Å²) in [6.07, 6.45) is -0.267. The van der Waals surface area contributed by atoms with Crippen LogP contribution in [0.25, 0.3) is 0 Å². The van der Waals surface area contributed by atoms with E-state index in [0.717, 1.165) is 13.1 Å². The molecule has 0 unspecified atom stereocenters. The highest BCUT2D eigenvalue weighted by molar-refractivity contribution is 5.88. The smallest absolute Gasteiger partial charge is 0.410 e. The van der Waals surface area contributed by atoms with Gasteiger partial charge in [-0.25, -0.2) is 14.3 Å². The van der Waals surface area contributed by atoms with Crippen LogP contribution < -0.4 is 0 Å². The van der Waals surface area contributed by atoms with E-state index in [-0.39, 0.29) is 17.3 Å². The monoisotopic (exact) mass is 395 g/mol. The van der Waals surface area contributed by atoms with Crippen LogP contribution in [-0.4, -0.2) is 80.8 Å². The lowest BCUT2D eigenvalue weighted by atomic mass is 10.0. The molecule has 9 heteroatoms. The summed E-state index contributed by atoms with van der Waals surface area (Å²) in [5, 5.41) is 8.12. The Bertz CT molecular complexity index is 700. The topological polar surface area (TPSA) is 89.8 Å². The molecule has 0 saturated carbocycles. The molecule has 0 aliphatic carbocycles. The quantitative estimate of drug-likeness (QED) is 0.705. The van der Waals surface area contributed by atoms with Crippen LogP contribution in [-0.2, 0) is 16.0 Å². The van der Waals surface area contributed by atoms with Crippen LogP contribution in [0.4, 0.5) is 4.79 Å². The van der Waals surface area contributed by atoms with Crippen LogP contribution in [0, 0.1) is 6.92 Å². The van der Waals surface area contributed by atoms with Crippen LogP contribution in [0.3, 0.4) is 0 Å². The van der Waals surface area contributed by atoms with E-state index in [0.29, 0.717) is 31.9 Å². The molecule has 0 radical (unpaired) electrons. The van der Waals surface area contributed by atoms with E-state index >= 15 is 0 Å². The maximum absolute atomic E-state index is 12.2. The van der Waals surface area contributed by atoms with Crippen molar-refractivity contribution in [2.45, 2.75) is 66.2 Å². The van der Waals surface area contributed by atoms with E-state index in [2.05, 4.69) is 29.1 Å². The molecule has 9 nitrogen and oxygen atoms in total. The minimum atomic E-state index is -0.491. The van der Waals surface area contributed by atoms with Crippen molar-refractivity contribution in [3.63, 3.8) is 0 Å². The second-order valence-corrected chi connectivity index (χ2v) is 8.67. The fraction of sp³-hybridized carbons (Fsp3) is 0.789. The van der Waals surface area contributed by atoms with Gasteiger partial charge in [0.1, 0.15) is 5.60 Å². The van der Waals surface area contributed by atoms with Gasteiger partial charge in [0.15, 0.2) is 5.69 Å². The van der Waals surface area contributed by atoms with E-state index < -0.39 is 11.6 Å². The Morgan fingerprint density at radius 3 is 2.21 bits per heavy atom. The Labute approximate surface area is 166 Å². The number of hydrogen-bond donors (Lipinski definition) is 0. The van der Waals surface area contributed by atoms with Crippen molar-refractivity contribution in [3.8, 4) is 0 Å². The third-order valence-electron chi connectivity index (χ3n) is 4.78. The Balaban J connectivity index is 1.98. The van der Waals surface area contributed by atoms with Crippen molar-refractivity contribution in [3.05, 3.63) is 11.4 Å². The fourth-order valence-corrected chi connectivity index (χ4v) is 3.19. The molecule has 158 valence electrons. The largest absolute Gasteiger partial charge is 0.461 e. The molecule has 2 rings (SSSR count). The molecular weight excluding hydrogens is 362 g/mol. The van der Waals surface area contributed by atoms with Crippen LogP contribution in [0.2, 0.25) is 0 Å². The molecule has 0 atom stereocenters. The molecule has 0 spiro atoms. The summed E-state index contributed by atoms with van der Waals surface area (Å²) in [7, 11) is 0. The van der Waals surface area contributed by atoms with Gasteiger partial charge >= 0.3 is 12.1 Å². The predicted molar refractivity (Wildman–Crippen MR) is 104 cm³/mol. The van der Waals surface area contributed by atoms with E-state index in [9.17, 15) is 9.59 Å². The predicted octanol–water partition coefficient (Wildman–Crippen LogP) is 2.09. The first-order chi connectivity index (χ1) is 12.9. The number of carbonyl (C=O) groups is 2. The number of aromatic nitrogens is 3. The zero-order valence-corrected chi connectivity index (χ0v) is 18.1. The van der Waals surface area contributed by atoms with Crippen molar-refractivity contribution >= 4 is 12.1 Å². The number of carbonyl (C=O) groups excluding carboxylic acids is 2. The molecule has 1 amide bonds. The first-order valence-electron chi connectivity index (χ1n) is 9.75. The lowest BCUT2D eigenvalue weighted by Crippen LogP contribution is -2.57. The second-order valence-electron chi connectivity index (χ2n) is 8.67. The molecule has 0 bridgehead atoms. The Morgan fingerprint density at radius 1 is 1.07 bits per heavy atom. The zero-order valence-electron chi connectivity index (χ0n) is 18.1. The summed E-state index contributed by atoms with van der Waals surface area (Å²) >= 11 is 0. The summed E-state index contributed by atoms with van der Waals surface area (Å²) in [5.74, 6) is -0.449. The molecule has 1 aromatic rings. The van der Waals surface area contributed by atoms with Gasteiger partial charge in [-0.2, -0.15) is 0 Å². The molecule has 0 aromatic carbocycles. The first kappa shape index (κ1) is 22.1. The SMILES string of the molecule is CCOC(=O)c1nnn(CC(C)(C)N2CCN(C(=O)OC(C)(C)C)CC2)c1C.